The predicted molar refractivity (Wildman–Crippen MR) is 78.3 cm³/mol. The average molecular weight is 259 g/mol. The van der Waals surface area contributed by atoms with E-state index < -0.39 is 5.97 Å². The van der Waals surface area contributed by atoms with Crippen LogP contribution in [0, 0.1) is 5.92 Å². The second-order valence-electron chi connectivity index (χ2n) is 5.12. The normalized spacial score (nSPS) is 14.8. The molecule has 3 nitrogen and oxygen atoms in total. The van der Waals surface area contributed by atoms with Gasteiger partial charge in [0.05, 0.1) is 0 Å². The molecule has 1 fully saturated rings. The zero-order chi connectivity index (χ0) is 13.7. The first-order chi connectivity index (χ1) is 9.20. The molecule has 19 heavy (non-hydrogen) atoms. The third kappa shape index (κ3) is 4.12. The monoisotopic (exact) mass is 259 g/mol. The fourth-order valence-electron chi connectivity index (χ4n) is 2.27. The number of hydrogen-bond acceptors (Lipinski definition) is 2. The molecule has 0 saturated heterocycles. The maximum Gasteiger partial charge on any atom is 0.328 e. The minimum atomic E-state index is -0.904. The maximum atomic E-state index is 10.7. The van der Waals surface area contributed by atoms with E-state index in [-0.39, 0.29) is 0 Å². The Kier molecular flexibility index (Phi) is 4.61. The van der Waals surface area contributed by atoms with Gasteiger partial charge in [0.2, 0.25) is 0 Å². The highest BCUT2D eigenvalue weighted by molar-refractivity contribution is 5.87. The van der Waals surface area contributed by atoms with Crippen molar-refractivity contribution in [2.75, 3.05) is 18.0 Å². The summed E-state index contributed by atoms with van der Waals surface area (Å²) in [6.07, 6.45) is 6.65. The maximum absolute atomic E-state index is 10.7. The van der Waals surface area contributed by atoms with Gasteiger partial charge in [-0.15, -0.1) is 0 Å². The van der Waals surface area contributed by atoms with E-state index in [1.165, 1.54) is 18.9 Å². The van der Waals surface area contributed by atoms with Gasteiger partial charge in [0.15, 0.2) is 0 Å². The smallest absolute Gasteiger partial charge is 0.328 e. The minimum absolute atomic E-state index is 0.822. The van der Waals surface area contributed by atoms with Gasteiger partial charge in [0, 0.05) is 24.9 Å². The number of carboxylic acid groups (broad SMARTS) is 1. The lowest BCUT2D eigenvalue weighted by Gasteiger charge is -2.26. The van der Waals surface area contributed by atoms with E-state index in [2.05, 4.69) is 17.9 Å². The van der Waals surface area contributed by atoms with Crippen molar-refractivity contribution in [3.05, 3.63) is 35.9 Å². The second-order valence-corrected chi connectivity index (χ2v) is 5.12. The molecule has 1 saturated carbocycles. The molecular weight excluding hydrogens is 238 g/mol. The van der Waals surface area contributed by atoms with Crippen LogP contribution in [-0.4, -0.2) is 24.2 Å². The molecule has 0 spiro atoms. The van der Waals surface area contributed by atoms with Gasteiger partial charge in [0.1, 0.15) is 0 Å². The van der Waals surface area contributed by atoms with Gasteiger partial charge in [-0.05, 0) is 42.9 Å². The molecule has 0 aliphatic heterocycles. The summed E-state index contributed by atoms with van der Waals surface area (Å²) in [6.45, 7) is 4.29. The fraction of sp³-hybridized carbons (Fsp3) is 0.438. The number of para-hydroxylation sites is 1. The number of rotatable bonds is 7. The number of aliphatic carboxylic acids is 1. The molecule has 0 aromatic heterocycles. The zero-order valence-corrected chi connectivity index (χ0v) is 11.4. The number of benzene rings is 1. The summed E-state index contributed by atoms with van der Waals surface area (Å²) in [4.78, 5) is 13.1. The number of carboxylic acids is 1. The van der Waals surface area contributed by atoms with Crippen LogP contribution in [0.4, 0.5) is 5.69 Å². The van der Waals surface area contributed by atoms with Crippen LogP contribution < -0.4 is 4.90 Å². The molecule has 1 aliphatic carbocycles. The van der Waals surface area contributed by atoms with Gasteiger partial charge in [-0.25, -0.2) is 4.79 Å². The van der Waals surface area contributed by atoms with E-state index >= 15 is 0 Å². The third-order valence-corrected chi connectivity index (χ3v) is 3.35. The van der Waals surface area contributed by atoms with E-state index in [1.807, 2.05) is 18.2 Å². The molecule has 1 aromatic carbocycles. The Hall–Kier alpha value is -1.77. The summed E-state index contributed by atoms with van der Waals surface area (Å²) in [6, 6.07) is 8.03. The first-order valence-electron chi connectivity index (χ1n) is 6.95. The average Bonchev–Trinajstić information content (AvgIpc) is 3.20. The Morgan fingerprint density at radius 3 is 2.79 bits per heavy atom. The minimum Gasteiger partial charge on any atom is -0.478 e. The molecule has 102 valence electrons. The molecule has 0 unspecified atom stereocenters. The second kappa shape index (κ2) is 6.41. The van der Waals surface area contributed by atoms with Gasteiger partial charge >= 0.3 is 5.97 Å². The summed E-state index contributed by atoms with van der Waals surface area (Å²) in [5.41, 5.74) is 2.13. The third-order valence-electron chi connectivity index (χ3n) is 3.35. The molecule has 0 atom stereocenters. The Morgan fingerprint density at radius 1 is 1.42 bits per heavy atom. The van der Waals surface area contributed by atoms with Crippen molar-refractivity contribution < 1.29 is 9.90 Å². The number of anilines is 1. The molecule has 1 aromatic rings. The first-order valence-corrected chi connectivity index (χ1v) is 6.95. The standard InChI is InChI=1S/C16H21NO2/c1-2-11-17(12-13-7-8-13)15-6-4-3-5-14(15)9-10-16(18)19/h3-6,9-10,13H,2,7-8,11-12H2,1H3,(H,18,19). The highest BCUT2D eigenvalue weighted by Gasteiger charge is 2.24. The molecule has 0 heterocycles. The summed E-state index contributed by atoms with van der Waals surface area (Å²) >= 11 is 0. The molecule has 1 aliphatic rings. The topological polar surface area (TPSA) is 40.5 Å². The van der Waals surface area contributed by atoms with Crippen molar-refractivity contribution in [2.45, 2.75) is 26.2 Å². The van der Waals surface area contributed by atoms with Crippen LogP contribution >= 0.6 is 0 Å². The predicted octanol–water partition coefficient (Wildman–Crippen LogP) is 3.41. The Morgan fingerprint density at radius 2 is 2.16 bits per heavy atom. The SMILES string of the molecule is CCCN(CC1CC1)c1ccccc1C=CC(=O)O. The van der Waals surface area contributed by atoms with Crippen molar-refractivity contribution in [3.63, 3.8) is 0 Å². The van der Waals surface area contributed by atoms with Crippen LogP contribution in [-0.2, 0) is 4.79 Å². The van der Waals surface area contributed by atoms with Crippen molar-refractivity contribution in [1.82, 2.24) is 0 Å². The summed E-state index contributed by atoms with van der Waals surface area (Å²) in [5.74, 6) is -0.0814. The van der Waals surface area contributed by atoms with Crippen LogP contribution in [0.25, 0.3) is 6.08 Å². The van der Waals surface area contributed by atoms with E-state index in [9.17, 15) is 4.79 Å². The van der Waals surface area contributed by atoms with Gasteiger partial charge in [0.25, 0.3) is 0 Å². The Labute approximate surface area is 114 Å². The zero-order valence-electron chi connectivity index (χ0n) is 11.4. The molecule has 1 N–H and O–H groups in total. The van der Waals surface area contributed by atoms with Gasteiger partial charge in [-0.2, -0.15) is 0 Å². The molecule has 0 amide bonds. The highest BCUT2D eigenvalue weighted by Crippen LogP contribution is 2.32. The largest absolute Gasteiger partial charge is 0.478 e. The summed E-state index contributed by atoms with van der Waals surface area (Å²) < 4.78 is 0. The molecule has 3 heteroatoms. The van der Waals surface area contributed by atoms with Crippen LogP contribution in [0.5, 0.6) is 0 Å². The quantitative estimate of drug-likeness (QED) is 0.763. The molecule has 0 bridgehead atoms. The van der Waals surface area contributed by atoms with Gasteiger partial charge < -0.3 is 10.0 Å². The number of nitrogens with zero attached hydrogens (tertiary/aromatic N) is 1. The lowest BCUT2D eigenvalue weighted by Crippen LogP contribution is -2.27. The van der Waals surface area contributed by atoms with Gasteiger partial charge in [-0.3, -0.25) is 0 Å². The number of carbonyl (C=O) groups is 1. The Bertz CT molecular complexity index is 464. The lowest BCUT2D eigenvalue weighted by atomic mass is 10.1. The van der Waals surface area contributed by atoms with Crippen molar-refractivity contribution in [2.24, 2.45) is 5.92 Å². The van der Waals surface area contributed by atoms with E-state index in [0.717, 1.165) is 36.7 Å². The molecular formula is C16H21NO2. The molecule has 2 rings (SSSR count). The number of hydrogen-bond donors (Lipinski definition) is 1. The first kappa shape index (κ1) is 13.7. The van der Waals surface area contributed by atoms with E-state index in [1.54, 1.807) is 6.08 Å². The van der Waals surface area contributed by atoms with Crippen molar-refractivity contribution in [1.29, 1.82) is 0 Å². The van der Waals surface area contributed by atoms with Crippen LogP contribution in [0.3, 0.4) is 0 Å². The fourth-order valence-corrected chi connectivity index (χ4v) is 2.27. The van der Waals surface area contributed by atoms with Crippen LogP contribution in [0.15, 0.2) is 30.3 Å². The molecule has 0 radical (unpaired) electrons. The van der Waals surface area contributed by atoms with Crippen molar-refractivity contribution >= 4 is 17.7 Å². The summed E-state index contributed by atoms with van der Waals surface area (Å²) in [5, 5.41) is 8.76. The Balaban J connectivity index is 2.21. The van der Waals surface area contributed by atoms with Crippen molar-refractivity contribution in [3.8, 4) is 0 Å². The van der Waals surface area contributed by atoms with E-state index in [0.29, 0.717) is 0 Å². The lowest BCUT2D eigenvalue weighted by molar-refractivity contribution is -0.131. The highest BCUT2D eigenvalue weighted by atomic mass is 16.4. The van der Waals surface area contributed by atoms with Crippen LogP contribution in [0.1, 0.15) is 31.7 Å². The summed E-state index contributed by atoms with van der Waals surface area (Å²) in [7, 11) is 0. The van der Waals surface area contributed by atoms with Crippen LogP contribution in [0.2, 0.25) is 0 Å². The van der Waals surface area contributed by atoms with Gasteiger partial charge in [-0.1, -0.05) is 25.1 Å². The van der Waals surface area contributed by atoms with E-state index in [4.69, 9.17) is 5.11 Å².